The Kier molecular flexibility index (Phi) is 5.02. The van der Waals surface area contributed by atoms with Crippen LogP contribution in [0.4, 0.5) is 0 Å². The second kappa shape index (κ2) is 7.75. The Morgan fingerprint density at radius 3 is 2.62 bits per heavy atom. The van der Waals surface area contributed by atoms with E-state index in [4.69, 9.17) is 4.42 Å². The van der Waals surface area contributed by atoms with E-state index >= 15 is 0 Å². The van der Waals surface area contributed by atoms with Crippen molar-refractivity contribution in [1.82, 2.24) is 10.2 Å². The molecular formula is C22H24N2O2. The number of amides is 1. The van der Waals surface area contributed by atoms with Crippen molar-refractivity contribution in [3.05, 3.63) is 72.2 Å². The average molecular weight is 348 g/mol. The van der Waals surface area contributed by atoms with Crippen LogP contribution >= 0.6 is 0 Å². The topological polar surface area (TPSA) is 45.5 Å². The molecule has 1 aliphatic heterocycles. The Labute approximate surface area is 153 Å². The van der Waals surface area contributed by atoms with Gasteiger partial charge in [-0.1, -0.05) is 42.8 Å². The molecule has 0 spiro atoms. The molecule has 1 saturated heterocycles. The third kappa shape index (κ3) is 3.51. The number of hydrogen-bond acceptors (Lipinski definition) is 3. The molecule has 0 bridgehead atoms. The Hall–Kier alpha value is -2.59. The molecule has 1 atom stereocenters. The van der Waals surface area contributed by atoms with Gasteiger partial charge in [-0.2, -0.15) is 0 Å². The van der Waals surface area contributed by atoms with Crippen molar-refractivity contribution in [2.45, 2.75) is 25.3 Å². The second-order valence-electron chi connectivity index (χ2n) is 6.86. The summed E-state index contributed by atoms with van der Waals surface area (Å²) in [4.78, 5) is 15.3. The third-order valence-electron chi connectivity index (χ3n) is 5.19. The molecule has 0 radical (unpaired) electrons. The molecule has 26 heavy (non-hydrogen) atoms. The van der Waals surface area contributed by atoms with Crippen molar-refractivity contribution in [2.75, 3.05) is 19.6 Å². The summed E-state index contributed by atoms with van der Waals surface area (Å²) >= 11 is 0. The van der Waals surface area contributed by atoms with Gasteiger partial charge >= 0.3 is 0 Å². The molecule has 2 heterocycles. The highest BCUT2D eigenvalue weighted by Gasteiger charge is 2.25. The monoisotopic (exact) mass is 348 g/mol. The highest BCUT2D eigenvalue weighted by molar-refractivity contribution is 6.07. The van der Waals surface area contributed by atoms with Crippen molar-refractivity contribution < 1.29 is 9.21 Å². The minimum atomic E-state index is -0.0321. The molecule has 1 amide bonds. The van der Waals surface area contributed by atoms with Crippen molar-refractivity contribution in [2.24, 2.45) is 0 Å². The summed E-state index contributed by atoms with van der Waals surface area (Å²) < 4.78 is 5.66. The van der Waals surface area contributed by atoms with Gasteiger partial charge in [0.05, 0.1) is 12.3 Å². The first kappa shape index (κ1) is 16.9. The van der Waals surface area contributed by atoms with Gasteiger partial charge in [0, 0.05) is 12.1 Å². The molecule has 4 nitrogen and oxygen atoms in total. The van der Waals surface area contributed by atoms with Crippen LogP contribution in [0.15, 0.2) is 65.3 Å². The lowest BCUT2D eigenvalue weighted by Crippen LogP contribution is -2.40. The van der Waals surface area contributed by atoms with Gasteiger partial charge in [-0.15, -0.1) is 0 Å². The first-order chi connectivity index (χ1) is 12.8. The van der Waals surface area contributed by atoms with E-state index in [-0.39, 0.29) is 11.9 Å². The van der Waals surface area contributed by atoms with E-state index in [1.54, 1.807) is 6.26 Å². The number of benzene rings is 2. The number of furan rings is 1. The zero-order valence-electron chi connectivity index (χ0n) is 14.9. The number of piperidine rings is 1. The molecule has 4 rings (SSSR count). The van der Waals surface area contributed by atoms with Crippen LogP contribution in [0.3, 0.4) is 0 Å². The fourth-order valence-corrected chi connectivity index (χ4v) is 3.83. The number of rotatable bonds is 5. The SMILES string of the molecule is O=C(NC[C@H](c1ccco1)N1CCCCC1)c1cccc2ccccc12. The molecule has 1 aromatic heterocycles. The zero-order chi connectivity index (χ0) is 17.8. The van der Waals surface area contributed by atoms with E-state index in [9.17, 15) is 4.79 Å². The van der Waals surface area contributed by atoms with Crippen molar-refractivity contribution in [3.63, 3.8) is 0 Å². The zero-order valence-corrected chi connectivity index (χ0v) is 14.9. The van der Waals surface area contributed by atoms with Gasteiger partial charge < -0.3 is 9.73 Å². The van der Waals surface area contributed by atoms with Crippen LogP contribution < -0.4 is 5.32 Å². The van der Waals surface area contributed by atoms with Gasteiger partial charge in [0.25, 0.3) is 5.91 Å². The van der Waals surface area contributed by atoms with Gasteiger partial charge in [-0.3, -0.25) is 9.69 Å². The largest absolute Gasteiger partial charge is 0.468 e. The van der Waals surface area contributed by atoms with Crippen molar-refractivity contribution in [3.8, 4) is 0 Å². The smallest absolute Gasteiger partial charge is 0.251 e. The average Bonchev–Trinajstić information content (AvgIpc) is 3.23. The van der Waals surface area contributed by atoms with E-state index in [0.29, 0.717) is 6.54 Å². The summed E-state index contributed by atoms with van der Waals surface area (Å²) in [6, 6.07) is 17.9. The summed E-state index contributed by atoms with van der Waals surface area (Å²) in [5.41, 5.74) is 0.722. The Bertz CT molecular complexity index is 861. The lowest BCUT2D eigenvalue weighted by atomic mass is 10.0. The van der Waals surface area contributed by atoms with Crippen LogP contribution in [0, 0.1) is 0 Å². The molecule has 3 aromatic rings. The molecule has 1 fully saturated rings. The third-order valence-corrected chi connectivity index (χ3v) is 5.19. The quantitative estimate of drug-likeness (QED) is 0.744. The van der Waals surface area contributed by atoms with Crippen molar-refractivity contribution in [1.29, 1.82) is 0 Å². The summed E-state index contributed by atoms with van der Waals surface area (Å²) in [7, 11) is 0. The van der Waals surface area contributed by atoms with Gasteiger partial charge in [0.2, 0.25) is 0 Å². The van der Waals surface area contributed by atoms with E-state index in [1.165, 1.54) is 19.3 Å². The number of carbonyl (C=O) groups excluding carboxylic acids is 1. The predicted molar refractivity (Wildman–Crippen MR) is 103 cm³/mol. The van der Waals surface area contributed by atoms with E-state index in [2.05, 4.69) is 10.2 Å². The maximum atomic E-state index is 12.9. The van der Waals surface area contributed by atoms with Gasteiger partial charge in [0.1, 0.15) is 5.76 Å². The van der Waals surface area contributed by atoms with Gasteiger partial charge in [-0.25, -0.2) is 0 Å². The van der Waals surface area contributed by atoms with Crippen molar-refractivity contribution >= 4 is 16.7 Å². The van der Waals surface area contributed by atoms with Gasteiger partial charge in [0.15, 0.2) is 0 Å². The van der Waals surface area contributed by atoms with E-state index < -0.39 is 0 Å². The highest BCUT2D eigenvalue weighted by atomic mass is 16.3. The number of fused-ring (bicyclic) bond motifs is 1. The first-order valence-electron chi connectivity index (χ1n) is 9.36. The normalized spacial score (nSPS) is 16.5. The minimum Gasteiger partial charge on any atom is -0.468 e. The number of hydrogen-bond donors (Lipinski definition) is 1. The van der Waals surface area contributed by atoms with E-state index in [0.717, 1.165) is 35.2 Å². The molecule has 1 N–H and O–H groups in total. The predicted octanol–water partition coefficient (Wildman–Crippen LogP) is 4.39. The number of nitrogens with zero attached hydrogens (tertiary/aromatic N) is 1. The van der Waals surface area contributed by atoms with Crippen LogP contribution in [0.2, 0.25) is 0 Å². The molecule has 2 aromatic carbocycles. The highest BCUT2D eigenvalue weighted by Crippen LogP contribution is 2.25. The molecular weight excluding hydrogens is 324 g/mol. The fourth-order valence-electron chi connectivity index (χ4n) is 3.83. The number of carbonyl (C=O) groups is 1. The van der Waals surface area contributed by atoms with Crippen LogP contribution in [-0.2, 0) is 0 Å². The molecule has 0 unspecified atom stereocenters. The molecule has 0 saturated carbocycles. The molecule has 0 aliphatic carbocycles. The number of likely N-dealkylation sites (tertiary alicyclic amines) is 1. The van der Waals surface area contributed by atoms with Gasteiger partial charge in [-0.05, 0) is 54.9 Å². The summed E-state index contributed by atoms with van der Waals surface area (Å²) in [5.74, 6) is 0.889. The fraction of sp³-hybridized carbons (Fsp3) is 0.318. The number of nitrogens with one attached hydrogen (secondary N) is 1. The second-order valence-corrected chi connectivity index (χ2v) is 6.86. The Morgan fingerprint density at radius 1 is 1.00 bits per heavy atom. The van der Waals surface area contributed by atoms with Crippen LogP contribution in [0.1, 0.15) is 41.4 Å². The van der Waals surface area contributed by atoms with Crippen LogP contribution in [0.25, 0.3) is 10.8 Å². The summed E-state index contributed by atoms with van der Waals surface area (Å²) in [6.45, 7) is 2.65. The lowest BCUT2D eigenvalue weighted by molar-refractivity contribution is 0.0915. The lowest BCUT2D eigenvalue weighted by Gasteiger charge is -2.33. The van der Waals surface area contributed by atoms with Crippen LogP contribution in [-0.4, -0.2) is 30.4 Å². The molecule has 4 heteroatoms. The maximum Gasteiger partial charge on any atom is 0.251 e. The molecule has 134 valence electrons. The Balaban J connectivity index is 1.52. The van der Waals surface area contributed by atoms with E-state index in [1.807, 2.05) is 54.6 Å². The Morgan fingerprint density at radius 2 is 1.81 bits per heavy atom. The van der Waals surface area contributed by atoms with Crippen LogP contribution in [0.5, 0.6) is 0 Å². The first-order valence-corrected chi connectivity index (χ1v) is 9.36. The molecule has 1 aliphatic rings. The summed E-state index contributed by atoms with van der Waals surface area (Å²) in [6.07, 6.45) is 5.39. The standard InChI is InChI=1S/C22H24N2O2/c25-22(19-11-6-9-17-8-2-3-10-18(17)19)23-16-20(21-12-7-15-26-21)24-13-4-1-5-14-24/h2-3,6-12,15,20H,1,4-5,13-14,16H2,(H,23,25)/t20-/m1/s1. The summed E-state index contributed by atoms with van der Waals surface area (Å²) in [5, 5.41) is 5.20. The maximum absolute atomic E-state index is 12.9. The minimum absolute atomic E-state index is 0.0321.